The average Bonchev–Trinajstić information content (AvgIpc) is 2.87. The van der Waals surface area contributed by atoms with Crippen molar-refractivity contribution in [1.29, 1.82) is 0 Å². The molecule has 1 atom stereocenters. The lowest BCUT2D eigenvalue weighted by Gasteiger charge is -2.13. The van der Waals surface area contributed by atoms with Crippen LogP contribution in [0.15, 0.2) is 41.8 Å². The van der Waals surface area contributed by atoms with E-state index in [0.717, 1.165) is 4.88 Å². The van der Waals surface area contributed by atoms with Gasteiger partial charge in [-0.2, -0.15) is 0 Å². The summed E-state index contributed by atoms with van der Waals surface area (Å²) in [5.74, 6) is -0.908. The van der Waals surface area contributed by atoms with Crippen molar-refractivity contribution in [3.8, 4) is 11.5 Å². The smallest absolute Gasteiger partial charge is 0.310 e. The number of phenols is 1. The first kappa shape index (κ1) is 13.4. The molecule has 0 fully saturated rings. The topological polar surface area (TPSA) is 66.8 Å². The van der Waals surface area contributed by atoms with Gasteiger partial charge in [0, 0.05) is 10.9 Å². The lowest BCUT2D eigenvalue weighted by molar-refractivity contribution is -0.142. The van der Waals surface area contributed by atoms with E-state index in [1.807, 2.05) is 17.5 Å². The van der Waals surface area contributed by atoms with E-state index in [1.54, 1.807) is 12.1 Å². The van der Waals surface area contributed by atoms with Gasteiger partial charge in [-0.1, -0.05) is 12.1 Å². The third kappa shape index (κ3) is 3.99. The first-order chi connectivity index (χ1) is 9.15. The summed E-state index contributed by atoms with van der Waals surface area (Å²) in [6.45, 7) is 0.0800. The summed E-state index contributed by atoms with van der Waals surface area (Å²) < 4.78 is 5.42. The Labute approximate surface area is 114 Å². The second-order valence-electron chi connectivity index (χ2n) is 4.13. The number of carbonyl (C=O) groups is 1. The molecule has 1 unspecified atom stereocenters. The van der Waals surface area contributed by atoms with Crippen LogP contribution in [0.5, 0.6) is 11.5 Å². The van der Waals surface area contributed by atoms with Crippen LogP contribution in [-0.4, -0.2) is 22.8 Å². The van der Waals surface area contributed by atoms with E-state index in [-0.39, 0.29) is 12.4 Å². The van der Waals surface area contributed by atoms with Gasteiger partial charge in [0.1, 0.15) is 18.1 Å². The minimum atomic E-state index is -0.881. The number of hydrogen-bond donors (Lipinski definition) is 2. The summed E-state index contributed by atoms with van der Waals surface area (Å²) in [6.07, 6.45) is 0.450. The van der Waals surface area contributed by atoms with Crippen molar-refractivity contribution in [2.24, 2.45) is 5.92 Å². The van der Waals surface area contributed by atoms with Gasteiger partial charge in [-0.25, -0.2) is 0 Å². The third-order valence-electron chi connectivity index (χ3n) is 2.65. The highest BCUT2D eigenvalue weighted by molar-refractivity contribution is 7.09. The fourth-order valence-corrected chi connectivity index (χ4v) is 2.45. The first-order valence-electron chi connectivity index (χ1n) is 5.82. The molecule has 0 saturated heterocycles. The molecule has 1 heterocycles. The van der Waals surface area contributed by atoms with Crippen LogP contribution in [0.25, 0.3) is 0 Å². The molecule has 2 N–H and O–H groups in total. The third-order valence-corrected chi connectivity index (χ3v) is 3.54. The zero-order valence-corrected chi connectivity index (χ0v) is 11.0. The quantitative estimate of drug-likeness (QED) is 0.852. The molecule has 0 saturated carbocycles. The van der Waals surface area contributed by atoms with Gasteiger partial charge in [-0.15, -0.1) is 11.3 Å². The Bertz CT molecular complexity index is 536. The lowest BCUT2D eigenvalue weighted by Crippen LogP contribution is -2.23. The highest BCUT2D eigenvalue weighted by atomic mass is 32.1. The van der Waals surface area contributed by atoms with E-state index in [2.05, 4.69) is 0 Å². The fraction of sp³-hybridized carbons (Fsp3) is 0.214. The average molecular weight is 278 g/mol. The van der Waals surface area contributed by atoms with Crippen LogP contribution in [-0.2, 0) is 11.2 Å². The van der Waals surface area contributed by atoms with Crippen LogP contribution in [0.3, 0.4) is 0 Å². The Morgan fingerprint density at radius 2 is 2.16 bits per heavy atom. The van der Waals surface area contributed by atoms with Gasteiger partial charge in [0.15, 0.2) is 0 Å². The standard InChI is InChI=1S/C14H14O4S/c15-11-3-1-4-12(8-11)18-9-10(14(16)17)7-13-5-2-6-19-13/h1-6,8,10,15H,7,9H2,(H,16,17). The summed E-state index contributed by atoms with van der Waals surface area (Å²) in [5, 5.41) is 20.4. The van der Waals surface area contributed by atoms with Crippen LogP contribution >= 0.6 is 11.3 Å². The van der Waals surface area contributed by atoms with E-state index in [1.165, 1.54) is 23.5 Å². The Morgan fingerprint density at radius 1 is 1.32 bits per heavy atom. The van der Waals surface area contributed by atoms with E-state index < -0.39 is 11.9 Å². The number of aliphatic carboxylic acids is 1. The van der Waals surface area contributed by atoms with Gasteiger partial charge in [-0.05, 0) is 30.0 Å². The first-order valence-corrected chi connectivity index (χ1v) is 6.70. The molecule has 0 aliphatic carbocycles. The zero-order chi connectivity index (χ0) is 13.7. The van der Waals surface area contributed by atoms with Crippen molar-refractivity contribution in [3.63, 3.8) is 0 Å². The summed E-state index contributed by atoms with van der Waals surface area (Å²) >= 11 is 1.53. The summed E-state index contributed by atoms with van der Waals surface area (Å²) in [4.78, 5) is 12.2. The molecule has 0 radical (unpaired) electrons. The van der Waals surface area contributed by atoms with Crippen molar-refractivity contribution in [2.45, 2.75) is 6.42 Å². The van der Waals surface area contributed by atoms with Crippen LogP contribution < -0.4 is 4.74 Å². The molecular weight excluding hydrogens is 264 g/mol. The molecule has 0 spiro atoms. The molecule has 19 heavy (non-hydrogen) atoms. The number of carboxylic acids is 1. The number of aromatic hydroxyl groups is 1. The van der Waals surface area contributed by atoms with Crippen molar-refractivity contribution < 1.29 is 19.7 Å². The molecule has 100 valence electrons. The monoisotopic (exact) mass is 278 g/mol. The van der Waals surface area contributed by atoms with Gasteiger partial charge < -0.3 is 14.9 Å². The van der Waals surface area contributed by atoms with Gasteiger partial charge in [0.25, 0.3) is 0 Å². The normalized spacial score (nSPS) is 12.0. The van der Waals surface area contributed by atoms with Crippen LogP contribution in [0, 0.1) is 5.92 Å². The van der Waals surface area contributed by atoms with Crippen LogP contribution in [0.2, 0.25) is 0 Å². The SMILES string of the molecule is O=C(O)C(COc1cccc(O)c1)Cc1cccs1. The summed E-state index contributed by atoms with van der Waals surface area (Å²) in [5.41, 5.74) is 0. The second-order valence-corrected chi connectivity index (χ2v) is 5.16. The highest BCUT2D eigenvalue weighted by Gasteiger charge is 2.19. The minimum absolute atomic E-state index is 0.0800. The molecule has 4 nitrogen and oxygen atoms in total. The summed E-state index contributed by atoms with van der Waals surface area (Å²) in [6, 6.07) is 10.1. The number of hydrogen-bond acceptors (Lipinski definition) is 4. The molecule has 1 aromatic carbocycles. The predicted molar refractivity (Wildman–Crippen MR) is 72.8 cm³/mol. The maximum atomic E-state index is 11.2. The minimum Gasteiger partial charge on any atom is -0.508 e. The number of benzene rings is 1. The number of thiophene rings is 1. The van der Waals surface area contributed by atoms with E-state index >= 15 is 0 Å². The molecule has 0 aliphatic rings. The predicted octanol–water partition coefficient (Wildman–Crippen LogP) is 2.78. The Balaban J connectivity index is 1.96. The largest absolute Gasteiger partial charge is 0.508 e. The maximum Gasteiger partial charge on any atom is 0.310 e. The molecule has 0 aliphatic heterocycles. The van der Waals surface area contributed by atoms with Gasteiger partial charge in [-0.3, -0.25) is 4.79 Å². The second kappa shape index (κ2) is 6.24. The van der Waals surface area contributed by atoms with Gasteiger partial charge in [0.05, 0.1) is 5.92 Å². The van der Waals surface area contributed by atoms with Crippen molar-refractivity contribution in [3.05, 3.63) is 46.7 Å². The molecular formula is C14H14O4S. The van der Waals surface area contributed by atoms with Gasteiger partial charge in [0.2, 0.25) is 0 Å². The van der Waals surface area contributed by atoms with Crippen LogP contribution in [0.1, 0.15) is 4.88 Å². The molecule has 5 heteroatoms. The molecule has 2 rings (SSSR count). The number of rotatable bonds is 6. The molecule has 0 amide bonds. The van der Waals surface area contributed by atoms with E-state index in [0.29, 0.717) is 12.2 Å². The van der Waals surface area contributed by atoms with Gasteiger partial charge >= 0.3 is 5.97 Å². The number of carboxylic acid groups (broad SMARTS) is 1. The Hall–Kier alpha value is -2.01. The number of phenolic OH excluding ortho intramolecular Hbond substituents is 1. The number of ether oxygens (including phenoxy) is 1. The summed E-state index contributed by atoms with van der Waals surface area (Å²) in [7, 11) is 0. The Morgan fingerprint density at radius 3 is 2.79 bits per heavy atom. The Kier molecular flexibility index (Phi) is 4.41. The lowest BCUT2D eigenvalue weighted by atomic mass is 10.1. The van der Waals surface area contributed by atoms with E-state index in [4.69, 9.17) is 4.74 Å². The van der Waals surface area contributed by atoms with Crippen LogP contribution in [0.4, 0.5) is 0 Å². The van der Waals surface area contributed by atoms with Crippen molar-refractivity contribution in [2.75, 3.05) is 6.61 Å². The van der Waals surface area contributed by atoms with Crippen molar-refractivity contribution >= 4 is 17.3 Å². The maximum absolute atomic E-state index is 11.2. The fourth-order valence-electron chi connectivity index (χ4n) is 1.66. The molecule has 1 aromatic heterocycles. The highest BCUT2D eigenvalue weighted by Crippen LogP contribution is 2.20. The molecule has 0 bridgehead atoms. The van der Waals surface area contributed by atoms with Crippen molar-refractivity contribution in [1.82, 2.24) is 0 Å². The zero-order valence-electron chi connectivity index (χ0n) is 10.2. The van der Waals surface area contributed by atoms with E-state index in [9.17, 15) is 15.0 Å². The molecule has 2 aromatic rings.